The van der Waals surface area contributed by atoms with Gasteiger partial charge in [0.15, 0.2) is 0 Å². The Morgan fingerprint density at radius 3 is 2.46 bits per heavy atom. The average molecular weight is 514 g/mol. The fourth-order valence-corrected chi connectivity index (χ4v) is 5.04. The van der Waals surface area contributed by atoms with Crippen LogP contribution in [0.25, 0.3) is 0 Å². The highest BCUT2D eigenvalue weighted by atomic mass is 32.2. The van der Waals surface area contributed by atoms with E-state index in [-0.39, 0.29) is 23.6 Å². The van der Waals surface area contributed by atoms with Gasteiger partial charge in [0.2, 0.25) is 0 Å². The van der Waals surface area contributed by atoms with Gasteiger partial charge in [0, 0.05) is 13.1 Å². The maximum absolute atomic E-state index is 12.7. The molecule has 3 atom stereocenters. The van der Waals surface area contributed by atoms with Gasteiger partial charge in [0.05, 0.1) is 13.0 Å². The highest BCUT2D eigenvalue weighted by Gasteiger charge is 2.48. The molecule has 2 aromatic carbocycles. The molecule has 1 fully saturated rings. The number of alkyl halides is 3. The van der Waals surface area contributed by atoms with Crippen LogP contribution in [0.2, 0.25) is 0 Å². The van der Waals surface area contributed by atoms with E-state index < -0.39 is 21.0 Å². The van der Waals surface area contributed by atoms with Crippen LogP contribution in [-0.4, -0.2) is 51.5 Å². The third-order valence-corrected chi connectivity index (χ3v) is 7.87. The number of rotatable bonds is 8. The van der Waals surface area contributed by atoms with E-state index in [2.05, 4.69) is 9.08 Å². The van der Waals surface area contributed by atoms with Crippen molar-refractivity contribution in [2.75, 3.05) is 26.7 Å². The molecule has 6 nitrogen and oxygen atoms in total. The molecule has 0 aromatic heterocycles. The highest BCUT2D eigenvalue weighted by Crippen LogP contribution is 2.41. The number of hydrogen-bond donors (Lipinski definition) is 0. The zero-order chi connectivity index (χ0) is 25.9. The van der Waals surface area contributed by atoms with Crippen LogP contribution in [0.4, 0.5) is 13.2 Å². The van der Waals surface area contributed by atoms with Gasteiger partial charge in [-0.25, -0.2) is 0 Å². The summed E-state index contributed by atoms with van der Waals surface area (Å²) in [5.74, 6) is -0.904. The van der Waals surface area contributed by atoms with Gasteiger partial charge < -0.3 is 13.8 Å². The number of esters is 1. The molecule has 0 aliphatic carbocycles. The average Bonchev–Trinajstić information content (AvgIpc) is 2.80. The van der Waals surface area contributed by atoms with Crippen LogP contribution in [0.1, 0.15) is 31.4 Å². The van der Waals surface area contributed by atoms with E-state index >= 15 is 0 Å². The minimum Gasteiger partial charge on any atom is -0.469 e. The molecule has 2 aromatic rings. The number of ether oxygens (including phenoxy) is 1. The molecule has 0 saturated carbocycles. The van der Waals surface area contributed by atoms with Gasteiger partial charge in [-0.3, -0.25) is 4.79 Å². The second-order valence-electron chi connectivity index (χ2n) is 9.25. The number of carbonyl (C=O) groups is 1. The molecule has 192 valence electrons. The Hall–Kier alpha value is -2.59. The Morgan fingerprint density at radius 1 is 1.17 bits per heavy atom. The van der Waals surface area contributed by atoms with Crippen LogP contribution in [0.3, 0.4) is 0 Å². The Labute approximate surface area is 204 Å². The first kappa shape index (κ1) is 27.0. The second-order valence-corrected chi connectivity index (χ2v) is 10.8. The third kappa shape index (κ3) is 6.35. The van der Waals surface area contributed by atoms with Crippen molar-refractivity contribution in [3.05, 3.63) is 65.7 Å². The molecule has 3 unspecified atom stereocenters. The van der Waals surface area contributed by atoms with Crippen LogP contribution in [0.15, 0.2) is 54.6 Å². The summed E-state index contributed by atoms with van der Waals surface area (Å²) in [5, 5.41) is 0. The molecule has 3 rings (SSSR count). The topological polar surface area (TPSA) is 72.9 Å². The first-order valence-corrected chi connectivity index (χ1v) is 12.7. The number of nitrogens with zero attached hydrogens (tertiary/aromatic N) is 1. The standard InChI is InChI=1S/C25H30F3NO5S/c1-18-16-29(17-20(23(30)33-3)14-19-8-5-4-6-9-19)13-12-24(18,2)21-10-7-11-22(15-21)34-35(31,32)25(26,27)28/h4-11,15,18,20H,12-14,16-17H2,1-3H3. The van der Waals surface area contributed by atoms with E-state index in [1.807, 2.05) is 44.2 Å². The Morgan fingerprint density at radius 2 is 1.86 bits per heavy atom. The minimum atomic E-state index is -5.74. The van der Waals surface area contributed by atoms with Gasteiger partial charge in [-0.2, -0.15) is 21.6 Å². The van der Waals surface area contributed by atoms with Gasteiger partial charge in [-0.05, 0) is 54.0 Å². The van der Waals surface area contributed by atoms with E-state index in [0.29, 0.717) is 38.0 Å². The predicted octanol–water partition coefficient (Wildman–Crippen LogP) is 4.55. The number of carbonyl (C=O) groups excluding carboxylic acids is 1. The van der Waals surface area contributed by atoms with E-state index in [1.165, 1.54) is 25.3 Å². The number of likely N-dealkylation sites (tertiary alicyclic amines) is 1. The van der Waals surface area contributed by atoms with Crippen LogP contribution >= 0.6 is 0 Å². The Kier molecular flexibility index (Phi) is 8.16. The molecule has 0 spiro atoms. The molecule has 10 heteroatoms. The lowest BCUT2D eigenvalue weighted by atomic mass is 9.68. The summed E-state index contributed by atoms with van der Waals surface area (Å²) in [7, 11) is -4.36. The first-order valence-electron chi connectivity index (χ1n) is 11.3. The number of halogens is 3. The lowest BCUT2D eigenvalue weighted by Gasteiger charge is -2.45. The van der Waals surface area contributed by atoms with E-state index in [1.54, 1.807) is 6.07 Å². The molecule has 0 radical (unpaired) electrons. The Balaban J connectivity index is 1.72. The van der Waals surface area contributed by atoms with Crippen LogP contribution < -0.4 is 4.18 Å². The monoisotopic (exact) mass is 513 g/mol. The van der Waals surface area contributed by atoms with Crippen molar-refractivity contribution in [2.45, 2.75) is 37.6 Å². The maximum Gasteiger partial charge on any atom is 0.534 e. The fourth-order valence-electron chi connectivity index (χ4n) is 4.59. The van der Waals surface area contributed by atoms with Gasteiger partial charge in [0.25, 0.3) is 0 Å². The number of benzene rings is 2. The van der Waals surface area contributed by atoms with Crippen LogP contribution in [0.5, 0.6) is 5.75 Å². The van der Waals surface area contributed by atoms with E-state index in [4.69, 9.17) is 4.74 Å². The lowest BCUT2D eigenvalue weighted by molar-refractivity contribution is -0.146. The summed E-state index contributed by atoms with van der Waals surface area (Å²) < 4.78 is 70.4. The molecule has 0 N–H and O–H groups in total. The fraction of sp³-hybridized carbons (Fsp3) is 0.480. The molecule has 1 aliphatic rings. The number of hydrogen-bond acceptors (Lipinski definition) is 6. The summed E-state index contributed by atoms with van der Waals surface area (Å²) in [6.45, 7) is 5.89. The lowest BCUT2D eigenvalue weighted by Crippen LogP contribution is -2.49. The van der Waals surface area contributed by atoms with Crippen molar-refractivity contribution in [1.82, 2.24) is 4.90 Å². The second kappa shape index (κ2) is 10.6. The molecule has 0 bridgehead atoms. The van der Waals surface area contributed by atoms with Gasteiger partial charge in [-0.15, -0.1) is 0 Å². The maximum atomic E-state index is 12.7. The van der Waals surface area contributed by atoms with Crippen LogP contribution in [0, 0.1) is 11.8 Å². The zero-order valence-electron chi connectivity index (χ0n) is 19.9. The zero-order valence-corrected chi connectivity index (χ0v) is 20.7. The first-order chi connectivity index (χ1) is 16.4. The van der Waals surface area contributed by atoms with Crippen molar-refractivity contribution in [3.63, 3.8) is 0 Å². The largest absolute Gasteiger partial charge is 0.534 e. The van der Waals surface area contributed by atoms with E-state index in [9.17, 15) is 26.4 Å². The van der Waals surface area contributed by atoms with E-state index in [0.717, 1.165) is 5.56 Å². The molecule has 1 heterocycles. The summed E-state index contributed by atoms with van der Waals surface area (Å²) in [4.78, 5) is 14.7. The smallest absolute Gasteiger partial charge is 0.469 e. The molecular formula is C25H30F3NO5S. The SMILES string of the molecule is COC(=O)C(Cc1ccccc1)CN1CCC(C)(c2cccc(OS(=O)(=O)C(F)(F)F)c2)C(C)C1. The normalized spacial score (nSPS) is 22.4. The third-order valence-electron chi connectivity index (χ3n) is 6.89. The predicted molar refractivity (Wildman–Crippen MR) is 125 cm³/mol. The summed E-state index contributed by atoms with van der Waals surface area (Å²) in [5.41, 5.74) is -4.17. The van der Waals surface area contributed by atoms with Crippen molar-refractivity contribution in [1.29, 1.82) is 0 Å². The van der Waals surface area contributed by atoms with Crippen molar-refractivity contribution < 1.29 is 35.3 Å². The number of methoxy groups -OCH3 is 1. The van der Waals surface area contributed by atoms with Gasteiger partial charge in [-0.1, -0.05) is 56.3 Å². The van der Waals surface area contributed by atoms with Crippen molar-refractivity contribution >= 4 is 16.1 Å². The molecule has 1 aliphatic heterocycles. The van der Waals surface area contributed by atoms with Crippen molar-refractivity contribution in [2.24, 2.45) is 11.8 Å². The molecular weight excluding hydrogens is 483 g/mol. The number of piperidine rings is 1. The van der Waals surface area contributed by atoms with Crippen molar-refractivity contribution in [3.8, 4) is 5.75 Å². The molecule has 35 heavy (non-hydrogen) atoms. The van der Waals surface area contributed by atoms with Gasteiger partial charge in [0.1, 0.15) is 5.75 Å². The highest BCUT2D eigenvalue weighted by molar-refractivity contribution is 7.88. The van der Waals surface area contributed by atoms with Gasteiger partial charge >= 0.3 is 21.6 Å². The summed E-state index contributed by atoms with van der Waals surface area (Å²) >= 11 is 0. The summed E-state index contributed by atoms with van der Waals surface area (Å²) in [6.07, 6.45) is 1.23. The minimum absolute atomic E-state index is 0.0701. The Bertz CT molecular complexity index is 1120. The molecule has 1 saturated heterocycles. The molecule has 0 amide bonds. The van der Waals surface area contributed by atoms with Crippen LogP contribution in [-0.2, 0) is 31.5 Å². The summed E-state index contributed by atoms with van der Waals surface area (Å²) in [6, 6.07) is 15.5. The quantitative estimate of drug-likeness (QED) is 0.293.